The molecule has 0 spiro atoms. The summed E-state index contributed by atoms with van der Waals surface area (Å²) in [6.07, 6.45) is 2.27. The summed E-state index contributed by atoms with van der Waals surface area (Å²) >= 11 is 0. The van der Waals surface area contributed by atoms with Crippen molar-refractivity contribution >= 4 is 11.5 Å². The maximum atomic E-state index is 11.8. The lowest BCUT2D eigenvalue weighted by atomic mass is 10.0. The van der Waals surface area contributed by atoms with Gasteiger partial charge in [-0.3, -0.25) is 9.78 Å². The zero-order valence-corrected chi connectivity index (χ0v) is 10.8. The molecule has 1 amide bonds. The minimum absolute atomic E-state index is 0.0940. The van der Waals surface area contributed by atoms with Gasteiger partial charge in [-0.15, -0.1) is 0 Å². The van der Waals surface area contributed by atoms with E-state index in [1.165, 1.54) is 0 Å². The molecule has 0 unspecified atom stereocenters. The van der Waals surface area contributed by atoms with E-state index in [0.717, 1.165) is 22.5 Å². The van der Waals surface area contributed by atoms with Gasteiger partial charge < -0.3 is 4.90 Å². The summed E-state index contributed by atoms with van der Waals surface area (Å²) in [6.45, 7) is 6.24. The summed E-state index contributed by atoms with van der Waals surface area (Å²) in [5, 5.41) is 0. The van der Waals surface area contributed by atoms with Gasteiger partial charge >= 0.3 is 0 Å². The van der Waals surface area contributed by atoms with Crippen molar-refractivity contribution in [2.45, 2.75) is 33.1 Å². The number of likely N-dealkylation sites (N-methyl/N-ethyl adjacent to an activating group) is 1. The number of rotatable bonds is 1. The SMILES string of the molecule is CC1=CN(C)C(=O)Cc2nc(C(C)C)ccc21. The molecule has 0 aliphatic carbocycles. The molecule has 0 saturated carbocycles. The van der Waals surface area contributed by atoms with Crippen LogP contribution in [0, 0.1) is 0 Å². The first-order chi connectivity index (χ1) is 7.99. The molecule has 1 aliphatic rings. The zero-order valence-electron chi connectivity index (χ0n) is 10.8. The van der Waals surface area contributed by atoms with E-state index in [9.17, 15) is 4.79 Å². The Balaban J connectivity index is 2.51. The molecule has 1 aromatic heterocycles. The highest BCUT2D eigenvalue weighted by atomic mass is 16.2. The molecule has 3 nitrogen and oxygen atoms in total. The second-order valence-electron chi connectivity index (χ2n) is 4.88. The number of allylic oxidation sites excluding steroid dienone is 1. The molecule has 0 atom stereocenters. The van der Waals surface area contributed by atoms with Gasteiger partial charge in [0.1, 0.15) is 0 Å². The van der Waals surface area contributed by atoms with Crippen molar-refractivity contribution in [3.63, 3.8) is 0 Å². The fraction of sp³-hybridized carbons (Fsp3) is 0.429. The number of hydrogen-bond donors (Lipinski definition) is 0. The number of carbonyl (C=O) groups excluding carboxylic acids is 1. The van der Waals surface area contributed by atoms with E-state index in [2.05, 4.69) is 31.0 Å². The highest BCUT2D eigenvalue weighted by Gasteiger charge is 2.19. The predicted molar refractivity (Wildman–Crippen MR) is 68.5 cm³/mol. The van der Waals surface area contributed by atoms with Gasteiger partial charge in [0.05, 0.1) is 12.1 Å². The molecule has 0 bridgehead atoms. The Morgan fingerprint density at radius 1 is 1.35 bits per heavy atom. The summed E-state index contributed by atoms with van der Waals surface area (Å²) in [6, 6.07) is 4.13. The van der Waals surface area contributed by atoms with E-state index in [4.69, 9.17) is 0 Å². The van der Waals surface area contributed by atoms with Crippen LogP contribution in [0.5, 0.6) is 0 Å². The Kier molecular flexibility index (Phi) is 3.01. The third kappa shape index (κ3) is 2.23. The molecule has 1 aliphatic heterocycles. The molecule has 2 heterocycles. The minimum Gasteiger partial charge on any atom is -0.322 e. The maximum Gasteiger partial charge on any atom is 0.232 e. The van der Waals surface area contributed by atoms with Gasteiger partial charge in [0.25, 0.3) is 0 Å². The van der Waals surface area contributed by atoms with Crippen LogP contribution in [0.4, 0.5) is 0 Å². The van der Waals surface area contributed by atoms with Gasteiger partial charge in [-0.1, -0.05) is 19.9 Å². The highest BCUT2D eigenvalue weighted by molar-refractivity contribution is 5.84. The van der Waals surface area contributed by atoms with Crippen molar-refractivity contribution in [3.8, 4) is 0 Å². The van der Waals surface area contributed by atoms with Gasteiger partial charge in [-0.2, -0.15) is 0 Å². The fourth-order valence-electron chi connectivity index (χ4n) is 2.03. The van der Waals surface area contributed by atoms with E-state index in [-0.39, 0.29) is 5.91 Å². The molecule has 0 fully saturated rings. The molecule has 0 radical (unpaired) electrons. The van der Waals surface area contributed by atoms with E-state index in [1.54, 1.807) is 11.9 Å². The van der Waals surface area contributed by atoms with Crippen LogP contribution in [0.15, 0.2) is 18.3 Å². The molecule has 0 N–H and O–H groups in total. The molecule has 90 valence electrons. The van der Waals surface area contributed by atoms with Crippen LogP contribution in [0.1, 0.15) is 43.6 Å². The van der Waals surface area contributed by atoms with E-state index in [1.807, 2.05) is 13.1 Å². The normalized spacial score (nSPS) is 15.7. The molecule has 0 saturated heterocycles. The third-order valence-electron chi connectivity index (χ3n) is 3.11. The molecule has 3 heteroatoms. The third-order valence-corrected chi connectivity index (χ3v) is 3.11. The highest BCUT2D eigenvalue weighted by Crippen LogP contribution is 2.24. The van der Waals surface area contributed by atoms with Crippen LogP contribution in [-0.2, 0) is 11.2 Å². The van der Waals surface area contributed by atoms with Crippen molar-refractivity contribution in [2.24, 2.45) is 0 Å². The van der Waals surface area contributed by atoms with Crippen molar-refractivity contribution in [1.29, 1.82) is 0 Å². The lowest BCUT2D eigenvalue weighted by Gasteiger charge is -2.10. The summed E-state index contributed by atoms with van der Waals surface area (Å²) in [5.74, 6) is 0.483. The maximum absolute atomic E-state index is 11.8. The van der Waals surface area contributed by atoms with Crippen LogP contribution in [-0.4, -0.2) is 22.8 Å². The first-order valence-electron chi connectivity index (χ1n) is 5.93. The Bertz CT molecular complexity index is 489. The van der Waals surface area contributed by atoms with Gasteiger partial charge in [0.15, 0.2) is 0 Å². The van der Waals surface area contributed by atoms with Crippen LogP contribution in [0.3, 0.4) is 0 Å². The second-order valence-corrected chi connectivity index (χ2v) is 4.88. The quantitative estimate of drug-likeness (QED) is 0.743. The van der Waals surface area contributed by atoms with E-state index >= 15 is 0 Å². The number of pyridine rings is 1. The Morgan fingerprint density at radius 3 is 2.71 bits per heavy atom. The van der Waals surface area contributed by atoms with Gasteiger partial charge in [0.2, 0.25) is 5.91 Å². The predicted octanol–water partition coefficient (Wildman–Crippen LogP) is 2.58. The molecular weight excluding hydrogens is 212 g/mol. The van der Waals surface area contributed by atoms with E-state index in [0.29, 0.717) is 12.3 Å². The van der Waals surface area contributed by atoms with Crippen molar-refractivity contribution in [2.75, 3.05) is 7.05 Å². The Morgan fingerprint density at radius 2 is 2.06 bits per heavy atom. The summed E-state index contributed by atoms with van der Waals surface area (Å²) in [5.41, 5.74) is 4.14. The largest absolute Gasteiger partial charge is 0.322 e. The second kappa shape index (κ2) is 4.32. The van der Waals surface area contributed by atoms with Crippen LogP contribution >= 0.6 is 0 Å². The topological polar surface area (TPSA) is 33.2 Å². The van der Waals surface area contributed by atoms with Crippen LogP contribution in [0.2, 0.25) is 0 Å². The monoisotopic (exact) mass is 230 g/mol. The zero-order chi connectivity index (χ0) is 12.6. The standard InChI is InChI=1S/C14H18N2O/c1-9(2)12-6-5-11-10(3)8-16(4)14(17)7-13(11)15-12/h5-6,8-9H,7H2,1-4H3. The average molecular weight is 230 g/mol. The molecule has 1 aromatic rings. The molecule has 0 aromatic carbocycles. The summed E-state index contributed by atoms with van der Waals surface area (Å²) < 4.78 is 0. The number of fused-ring (bicyclic) bond motifs is 1. The van der Waals surface area contributed by atoms with Crippen LogP contribution < -0.4 is 0 Å². The minimum atomic E-state index is 0.0940. The first-order valence-corrected chi connectivity index (χ1v) is 5.93. The lowest BCUT2D eigenvalue weighted by Crippen LogP contribution is -2.22. The number of nitrogens with zero attached hydrogens (tertiary/aromatic N) is 2. The van der Waals surface area contributed by atoms with Crippen LogP contribution in [0.25, 0.3) is 5.57 Å². The summed E-state index contributed by atoms with van der Waals surface area (Å²) in [7, 11) is 1.79. The van der Waals surface area contributed by atoms with E-state index < -0.39 is 0 Å². The van der Waals surface area contributed by atoms with Gasteiger partial charge in [-0.05, 0) is 24.5 Å². The number of carbonyl (C=O) groups is 1. The van der Waals surface area contributed by atoms with Gasteiger partial charge in [-0.25, -0.2) is 0 Å². The summed E-state index contributed by atoms with van der Waals surface area (Å²) in [4.78, 5) is 18.1. The van der Waals surface area contributed by atoms with Crippen molar-refractivity contribution < 1.29 is 4.79 Å². The Hall–Kier alpha value is -1.64. The number of aromatic nitrogens is 1. The molecular formula is C14H18N2O. The number of amides is 1. The molecule has 17 heavy (non-hydrogen) atoms. The molecule has 2 rings (SSSR count). The smallest absolute Gasteiger partial charge is 0.232 e. The fourth-order valence-corrected chi connectivity index (χ4v) is 2.03. The Labute approximate surface area is 102 Å². The number of hydrogen-bond acceptors (Lipinski definition) is 2. The average Bonchev–Trinajstić information content (AvgIpc) is 2.37. The van der Waals surface area contributed by atoms with Gasteiger partial charge in [0, 0.05) is 24.5 Å². The lowest BCUT2D eigenvalue weighted by molar-refractivity contribution is -0.126. The van der Waals surface area contributed by atoms with Crippen molar-refractivity contribution in [3.05, 3.63) is 35.3 Å². The first kappa shape index (κ1) is 11.8. The van der Waals surface area contributed by atoms with Crippen molar-refractivity contribution in [1.82, 2.24) is 9.88 Å².